The molecule has 0 spiro atoms. The third-order valence-electron chi connectivity index (χ3n) is 2.55. The fraction of sp³-hybridized carbons (Fsp3) is 0.417. The maximum atomic E-state index is 11.7. The van der Waals surface area contributed by atoms with Crippen LogP contribution in [-0.4, -0.2) is 17.5 Å². The second-order valence-corrected chi connectivity index (χ2v) is 4.09. The summed E-state index contributed by atoms with van der Waals surface area (Å²) < 4.78 is 4.95. The lowest BCUT2D eigenvalue weighted by Gasteiger charge is -2.14. The lowest BCUT2D eigenvalue weighted by molar-refractivity contribution is -0.384. The van der Waals surface area contributed by atoms with E-state index >= 15 is 0 Å². The molecule has 0 saturated heterocycles. The molecule has 1 atom stereocenters. The van der Waals surface area contributed by atoms with Crippen LogP contribution in [0.4, 0.5) is 5.69 Å². The topological polar surface area (TPSA) is 69.4 Å². The molecule has 6 heteroatoms. The summed E-state index contributed by atoms with van der Waals surface area (Å²) in [5, 5.41) is 10.7. The van der Waals surface area contributed by atoms with E-state index in [1.807, 2.05) is 6.92 Å². The smallest absolute Gasteiger partial charge is 0.313 e. The molecule has 0 fully saturated rings. The van der Waals surface area contributed by atoms with Gasteiger partial charge in [0.15, 0.2) is 0 Å². The van der Waals surface area contributed by atoms with Crippen LogP contribution in [0.15, 0.2) is 18.2 Å². The number of rotatable bonds is 5. The third-order valence-corrected chi connectivity index (χ3v) is 2.85. The van der Waals surface area contributed by atoms with E-state index < -0.39 is 10.8 Å². The van der Waals surface area contributed by atoms with Crippen LogP contribution >= 0.6 is 11.6 Å². The van der Waals surface area contributed by atoms with Gasteiger partial charge in [-0.15, -0.1) is 0 Å². The van der Waals surface area contributed by atoms with Gasteiger partial charge in [-0.05, 0) is 25.0 Å². The number of carbonyl (C=O) groups is 1. The van der Waals surface area contributed by atoms with Gasteiger partial charge >= 0.3 is 5.97 Å². The van der Waals surface area contributed by atoms with Crippen LogP contribution in [0.1, 0.15) is 31.7 Å². The molecule has 0 aliphatic carbocycles. The second kappa shape index (κ2) is 6.35. The van der Waals surface area contributed by atoms with Crippen LogP contribution < -0.4 is 0 Å². The molecule has 1 rings (SSSR count). The number of nitrogens with zero attached hydrogens (tertiary/aromatic N) is 1. The fourth-order valence-electron chi connectivity index (χ4n) is 1.67. The zero-order valence-electron chi connectivity index (χ0n) is 10.2. The Morgan fingerprint density at radius 2 is 2.17 bits per heavy atom. The Balaban J connectivity index is 3.05. The summed E-state index contributed by atoms with van der Waals surface area (Å²) in [6.45, 7) is 3.88. The summed E-state index contributed by atoms with van der Waals surface area (Å²) in [5.41, 5.74) is 0.464. The molecule has 0 aromatic heterocycles. The molecule has 0 bridgehead atoms. The number of nitro groups is 1. The van der Waals surface area contributed by atoms with E-state index in [4.69, 9.17) is 16.3 Å². The van der Waals surface area contributed by atoms with Gasteiger partial charge in [0.2, 0.25) is 0 Å². The van der Waals surface area contributed by atoms with E-state index in [1.165, 1.54) is 18.2 Å². The van der Waals surface area contributed by atoms with Gasteiger partial charge < -0.3 is 4.74 Å². The predicted molar refractivity (Wildman–Crippen MR) is 67.8 cm³/mol. The zero-order valence-corrected chi connectivity index (χ0v) is 10.9. The van der Waals surface area contributed by atoms with Crippen molar-refractivity contribution >= 4 is 23.3 Å². The summed E-state index contributed by atoms with van der Waals surface area (Å²) in [7, 11) is 0. The van der Waals surface area contributed by atoms with Crippen molar-refractivity contribution in [3.05, 3.63) is 38.9 Å². The molecule has 0 amide bonds. The Morgan fingerprint density at radius 3 is 2.61 bits per heavy atom. The summed E-state index contributed by atoms with van der Waals surface area (Å²) in [6.07, 6.45) is 0.549. The monoisotopic (exact) mass is 271 g/mol. The highest BCUT2D eigenvalue weighted by Gasteiger charge is 2.22. The third kappa shape index (κ3) is 3.20. The number of hydrogen-bond donors (Lipinski definition) is 0. The molecular formula is C12H14ClNO4. The van der Waals surface area contributed by atoms with Crippen LogP contribution in [0.2, 0.25) is 5.02 Å². The minimum absolute atomic E-state index is 0.0280. The van der Waals surface area contributed by atoms with Crippen molar-refractivity contribution in [2.24, 2.45) is 0 Å². The SMILES string of the molecule is CCOC(=O)C(CC)c1ccc([N+](=O)[O-])c(Cl)c1. The van der Waals surface area contributed by atoms with Crippen molar-refractivity contribution in [3.8, 4) is 0 Å². The average molecular weight is 272 g/mol. The van der Waals surface area contributed by atoms with Gasteiger partial charge in [0.1, 0.15) is 5.02 Å². The summed E-state index contributed by atoms with van der Waals surface area (Å²) in [5.74, 6) is -0.784. The maximum Gasteiger partial charge on any atom is 0.313 e. The number of nitro benzene ring substituents is 1. The largest absolute Gasteiger partial charge is 0.466 e. The van der Waals surface area contributed by atoms with E-state index in [-0.39, 0.29) is 16.7 Å². The molecule has 5 nitrogen and oxygen atoms in total. The molecule has 0 aliphatic rings. The van der Waals surface area contributed by atoms with Crippen molar-refractivity contribution in [2.45, 2.75) is 26.2 Å². The molecule has 1 aromatic carbocycles. The first-order valence-corrected chi connectivity index (χ1v) is 5.99. The Labute approximate surface area is 110 Å². The quantitative estimate of drug-likeness (QED) is 0.468. The maximum absolute atomic E-state index is 11.7. The minimum atomic E-state index is -0.558. The lowest BCUT2D eigenvalue weighted by atomic mass is 9.96. The molecule has 98 valence electrons. The highest BCUT2D eigenvalue weighted by Crippen LogP contribution is 2.30. The molecular weight excluding hydrogens is 258 g/mol. The van der Waals surface area contributed by atoms with Crippen LogP contribution in [0.3, 0.4) is 0 Å². The number of halogens is 1. The number of esters is 1. The summed E-state index contributed by atoms with van der Waals surface area (Å²) >= 11 is 5.81. The summed E-state index contributed by atoms with van der Waals surface area (Å²) in [4.78, 5) is 21.8. The molecule has 1 aromatic rings. The first-order valence-electron chi connectivity index (χ1n) is 5.61. The molecule has 0 saturated carbocycles. The van der Waals surface area contributed by atoms with Gasteiger partial charge in [0.05, 0.1) is 17.4 Å². The molecule has 0 heterocycles. The molecule has 1 unspecified atom stereocenters. The van der Waals surface area contributed by atoms with Gasteiger partial charge in [-0.3, -0.25) is 14.9 Å². The van der Waals surface area contributed by atoms with E-state index in [1.54, 1.807) is 6.92 Å². The van der Waals surface area contributed by atoms with Crippen LogP contribution in [-0.2, 0) is 9.53 Å². The van der Waals surface area contributed by atoms with E-state index in [2.05, 4.69) is 0 Å². The van der Waals surface area contributed by atoms with Gasteiger partial charge in [-0.2, -0.15) is 0 Å². The first-order chi connectivity index (χ1) is 8.51. The van der Waals surface area contributed by atoms with Gasteiger partial charge in [0, 0.05) is 6.07 Å². The molecule has 0 aliphatic heterocycles. The lowest BCUT2D eigenvalue weighted by Crippen LogP contribution is -2.15. The highest BCUT2D eigenvalue weighted by molar-refractivity contribution is 6.32. The highest BCUT2D eigenvalue weighted by atomic mass is 35.5. The van der Waals surface area contributed by atoms with Crippen molar-refractivity contribution in [3.63, 3.8) is 0 Å². The Morgan fingerprint density at radius 1 is 1.50 bits per heavy atom. The molecule has 18 heavy (non-hydrogen) atoms. The van der Waals surface area contributed by atoms with Crippen LogP contribution in [0, 0.1) is 10.1 Å². The minimum Gasteiger partial charge on any atom is -0.466 e. The Kier molecular flexibility index (Phi) is 5.09. The summed E-state index contributed by atoms with van der Waals surface area (Å²) in [6, 6.07) is 4.29. The van der Waals surface area contributed by atoms with Crippen molar-refractivity contribution in [1.82, 2.24) is 0 Å². The van der Waals surface area contributed by atoms with E-state index in [9.17, 15) is 14.9 Å². The van der Waals surface area contributed by atoms with Crippen LogP contribution in [0.25, 0.3) is 0 Å². The average Bonchev–Trinajstić information content (AvgIpc) is 2.29. The van der Waals surface area contributed by atoms with Crippen LogP contribution in [0.5, 0.6) is 0 Å². The molecule has 0 N–H and O–H groups in total. The predicted octanol–water partition coefficient (Wildman–Crippen LogP) is 3.30. The number of ether oxygens (including phenoxy) is 1. The number of carbonyl (C=O) groups excluding carboxylic acids is 1. The van der Waals surface area contributed by atoms with E-state index in [0.29, 0.717) is 18.6 Å². The fourth-order valence-corrected chi connectivity index (χ4v) is 1.93. The Hall–Kier alpha value is -1.62. The van der Waals surface area contributed by atoms with Gasteiger partial charge in [-0.1, -0.05) is 24.6 Å². The molecule has 0 radical (unpaired) electrons. The zero-order chi connectivity index (χ0) is 13.7. The first kappa shape index (κ1) is 14.4. The van der Waals surface area contributed by atoms with Crippen molar-refractivity contribution in [2.75, 3.05) is 6.61 Å². The van der Waals surface area contributed by atoms with E-state index in [0.717, 1.165) is 0 Å². The van der Waals surface area contributed by atoms with Gasteiger partial charge in [0.25, 0.3) is 5.69 Å². The van der Waals surface area contributed by atoms with Gasteiger partial charge in [-0.25, -0.2) is 0 Å². The van der Waals surface area contributed by atoms with Crippen molar-refractivity contribution in [1.29, 1.82) is 0 Å². The van der Waals surface area contributed by atoms with Crippen molar-refractivity contribution < 1.29 is 14.5 Å². The normalized spacial score (nSPS) is 11.9. The number of hydrogen-bond acceptors (Lipinski definition) is 4. The number of benzene rings is 1. The Bertz CT molecular complexity index is 461. The standard InChI is InChI=1S/C12H14ClNO4/c1-3-9(12(15)18-4-2)8-5-6-11(14(16)17)10(13)7-8/h5-7,9H,3-4H2,1-2H3. The second-order valence-electron chi connectivity index (χ2n) is 3.68.